The van der Waals surface area contributed by atoms with Gasteiger partial charge < -0.3 is 15.8 Å². The molecule has 0 spiro atoms. The summed E-state index contributed by atoms with van der Waals surface area (Å²) in [5.74, 6) is 0. The Labute approximate surface area is 108 Å². The van der Waals surface area contributed by atoms with E-state index in [0.29, 0.717) is 16.7 Å². The van der Waals surface area contributed by atoms with Gasteiger partial charge in [-0.15, -0.1) is 0 Å². The molecule has 1 aliphatic carbocycles. The number of anilines is 2. The van der Waals surface area contributed by atoms with Crippen LogP contribution in [-0.2, 0) is 4.74 Å². The smallest absolute Gasteiger partial charge is 0.101 e. The van der Waals surface area contributed by atoms with Gasteiger partial charge in [-0.2, -0.15) is 5.26 Å². The number of rotatable bonds is 6. The molecule has 0 amide bonds. The van der Waals surface area contributed by atoms with Gasteiger partial charge >= 0.3 is 0 Å². The largest absolute Gasteiger partial charge is 0.399 e. The molecule has 1 aromatic carbocycles. The number of benzene rings is 1. The van der Waals surface area contributed by atoms with Crippen LogP contribution in [0.15, 0.2) is 18.2 Å². The van der Waals surface area contributed by atoms with Gasteiger partial charge in [0, 0.05) is 25.9 Å². The van der Waals surface area contributed by atoms with Crippen LogP contribution < -0.4 is 11.1 Å². The number of ether oxygens (including phenoxy) is 1. The Morgan fingerprint density at radius 3 is 2.89 bits per heavy atom. The van der Waals surface area contributed by atoms with Crippen molar-refractivity contribution in [3.8, 4) is 6.07 Å². The number of methoxy groups -OCH3 is 1. The predicted octanol–water partition coefficient (Wildman–Crippen LogP) is 2.37. The van der Waals surface area contributed by atoms with E-state index in [1.54, 1.807) is 13.2 Å². The first-order valence-corrected chi connectivity index (χ1v) is 6.22. The molecule has 18 heavy (non-hydrogen) atoms. The lowest BCUT2D eigenvalue weighted by molar-refractivity contribution is 0.175. The molecule has 0 bridgehead atoms. The van der Waals surface area contributed by atoms with E-state index in [-0.39, 0.29) is 0 Å². The van der Waals surface area contributed by atoms with Gasteiger partial charge in [-0.05, 0) is 42.9 Å². The monoisotopic (exact) mass is 245 g/mol. The third-order valence-electron chi connectivity index (χ3n) is 3.61. The summed E-state index contributed by atoms with van der Waals surface area (Å²) in [5, 5.41) is 12.4. The molecule has 4 heteroatoms. The minimum Gasteiger partial charge on any atom is -0.399 e. The van der Waals surface area contributed by atoms with Gasteiger partial charge in [0.1, 0.15) is 6.07 Å². The Bertz CT molecular complexity index is 461. The molecular weight excluding hydrogens is 226 g/mol. The van der Waals surface area contributed by atoms with Gasteiger partial charge in [-0.25, -0.2) is 0 Å². The Morgan fingerprint density at radius 2 is 2.28 bits per heavy atom. The average Bonchev–Trinajstić information content (AvgIpc) is 3.15. The van der Waals surface area contributed by atoms with E-state index in [4.69, 9.17) is 15.7 Å². The third-order valence-corrected chi connectivity index (χ3v) is 3.61. The van der Waals surface area contributed by atoms with Gasteiger partial charge in [0.05, 0.1) is 11.3 Å². The molecule has 0 atom stereocenters. The van der Waals surface area contributed by atoms with Gasteiger partial charge in [-0.1, -0.05) is 0 Å². The molecule has 0 aromatic heterocycles. The van der Waals surface area contributed by atoms with Crippen molar-refractivity contribution in [3.05, 3.63) is 23.8 Å². The van der Waals surface area contributed by atoms with Gasteiger partial charge in [0.15, 0.2) is 0 Å². The van der Waals surface area contributed by atoms with E-state index in [2.05, 4.69) is 11.4 Å². The fraction of sp³-hybridized carbons (Fsp3) is 0.500. The van der Waals surface area contributed by atoms with Gasteiger partial charge in [0.2, 0.25) is 0 Å². The maximum atomic E-state index is 9.06. The second kappa shape index (κ2) is 5.28. The van der Waals surface area contributed by atoms with Crippen molar-refractivity contribution in [2.24, 2.45) is 5.41 Å². The van der Waals surface area contributed by atoms with Crippen molar-refractivity contribution in [2.45, 2.75) is 19.3 Å². The highest BCUT2D eigenvalue weighted by molar-refractivity contribution is 5.63. The molecule has 0 aliphatic heterocycles. The zero-order chi connectivity index (χ0) is 13.0. The van der Waals surface area contributed by atoms with Gasteiger partial charge in [-0.3, -0.25) is 0 Å². The molecule has 0 unspecified atom stereocenters. The number of nitrogens with zero attached hydrogens (tertiary/aromatic N) is 1. The number of nitriles is 1. The van der Waals surface area contributed by atoms with Crippen LogP contribution in [0.3, 0.4) is 0 Å². The molecule has 1 saturated carbocycles. The summed E-state index contributed by atoms with van der Waals surface area (Å²) in [6, 6.07) is 7.57. The first kappa shape index (κ1) is 12.7. The quantitative estimate of drug-likeness (QED) is 0.755. The first-order chi connectivity index (χ1) is 8.69. The molecule has 1 aliphatic rings. The molecule has 3 N–H and O–H groups in total. The summed E-state index contributed by atoms with van der Waals surface area (Å²) in [6.45, 7) is 1.70. The van der Waals surface area contributed by atoms with Gasteiger partial charge in [0.25, 0.3) is 0 Å². The molecule has 0 saturated heterocycles. The highest BCUT2D eigenvalue weighted by Crippen LogP contribution is 2.48. The second-order valence-electron chi connectivity index (χ2n) is 5.01. The Kier molecular flexibility index (Phi) is 3.73. The van der Waals surface area contributed by atoms with Crippen molar-refractivity contribution in [3.63, 3.8) is 0 Å². The molecule has 4 nitrogen and oxygen atoms in total. The molecular formula is C14H19N3O. The number of nitrogen functional groups attached to an aromatic ring is 1. The molecule has 0 radical (unpaired) electrons. The fourth-order valence-corrected chi connectivity index (χ4v) is 2.10. The van der Waals surface area contributed by atoms with Crippen LogP contribution in [0.25, 0.3) is 0 Å². The maximum Gasteiger partial charge on any atom is 0.101 e. The number of nitrogens with one attached hydrogen (secondary N) is 1. The van der Waals surface area contributed by atoms with E-state index in [1.165, 1.54) is 12.8 Å². The summed E-state index contributed by atoms with van der Waals surface area (Å²) in [5.41, 5.74) is 8.14. The van der Waals surface area contributed by atoms with Crippen LogP contribution in [-0.4, -0.2) is 20.3 Å². The second-order valence-corrected chi connectivity index (χ2v) is 5.01. The molecule has 1 aromatic rings. The molecule has 0 heterocycles. The molecule has 2 rings (SSSR count). The average molecular weight is 245 g/mol. The number of hydrogen-bond donors (Lipinski definition) is 2. The van der Waals surface area contributed by atoms with Crippen molar-refractivity contribution in [1.82, 2.24) is 0 Å². The van der Waals surface area contributed by atoms with Crippen molar-refractivity contribution >= 4 is 11.4 Å². The van der Waals surface area contributed by atoms with Crippen LogP contribution in [0.4, 0.5) is 11.4 Å². The first-order valence-electron chi connectivity index (χ1n) is 6.22. The van der Waals surface area contributed by atoms with Crippen molar-refractivity contribution in [1.29, 1.82) is 5.26 Å². The summed E-state index contributed by atoms with van der Waals surface area (Å²) in [4.78, 5) is 0. The molecule has 96 valence electrons. The van der Waals surface area contributed by atoms with Crippen LogP contribution in [0.5, 0.6) is 0 Å². The van der Waals surface area contributed by atoms with Crippen LogP contribution in [0.1, 0.15) is 24.8 Å². The van der Waals surface area contributed by atoms with Crippen molar-refractivity contribution in [2.75, 3.05) is 31.3 Å². The highest BCUT2D eigenvalue weighted by Gasteiger charge is 2.41. The SMILES string of the molecule is COCCC1(CNc2ccc(N)cc2C#N)CC1. The van der Waals surface area contributed by atoms with E-state index < -0.39 is 0 Å². The van der Waals surface area contributed by atoms with Crippen LogP contribution in [0, 0.1) is 16.7 Å². The lowest BCUT2D eigenvalue weighted by Crippen LogP contribution is -2.17. The lowest BCUT2D eigenvalue weighted by atomic mass is 10.0. The minimum absolute atomic E-state index is 0.365. The number of nitrogens with two attached hydrogens (primary N) is 1. The maximum absolute atomic E-state index is 9.06. The van der Waals surface area contributed by atoms with Crippen LogP contribution in [0.2, 0.25) is 0 Å². The predicted molar refractivity (Wildman–Crippen MR) is 72.2 cm³/mol. The van der Waals surface area contributed by atoms with E-state index in [1.807, 2.05) is 12.1 Å². The van der Waals surface area contributed by atoms with E-state index in [9.17, 15) is 0 Å². The minimum atomic E-state index is 0.365. The van der Waals surface area contributed by atoms with Crippen LogP contribution >= 0.6 is 0 Å². The Hall–Kier alpha value is -1.73. The zero-order valence-electron chi connectivity index (χ0n) is 10.7. The normalized spacial score (nSPS) is 16.0. The number of hydrogen-bond acceptors (Lipinski definition) is 4. The Morgan fingerprint density at radius 1 is 1.50 bits per heavy atom. The summed E-state index contributed by atoms with van der Waals surface area (Å²) in [6.07, 6.45) is 3.55. The fourth-order valence-electron chi connectivity index (χ4n) is 2.10. The summed E-state index contributed by atoms with van der Waals surface area (Å²) >= 11 is 0. The molecule has 1 fully saturated rings. The zero-order valence-corrected chi connectivity index (χ0v) is 10.7. The Balaban J connectivity index is 1.96. The topological polar surface area (TPSA) is 71.1 Å². The standard InChI is InChI=1S/C14H19N3O/c1-18-7-6-14(4-5-14)10-17-13-3-2-12(16)8-11(13)9-15/h2-3,8,17H,4-7,10,16H2,1H3. The van der Waals surface area contributed by atoms with E-state index >= 15 is 0 Å². The third kappa shape index (κ3) is 2.93. The summed E-state index contributed by atoms with van der Waals surface area (Å²) in [7, 11) is 1.73. The van der Waals surface area contributed by atoms with Crippen molar-refractivity contribution < 1.29 is 4.74 Å². The summed E-state index contributed by atoms with van der Waals surface area (Å²) < 4.78 is 5.13. The highest BCUT2D eigenvalue weighted by atomic mass is 16.5. The van der Waals surface area contributed by atoms with E-state index in [0.717, 1.165) is 25.3 Å². The lowest BCUT2D eigenvalue weighted by Gasteiger charge is -2.17.